The number of hydrogen-bond donors (Lipinski definition) is 1. The van der Waals surface area contributed by atoms with Crippen molar-refractivity contribution in [2.24, 2.45) is 29.1 Å². The lowest BCUT2D eigenvalue weighted by Crippen LogP contribution is -2.57. The number of aromatic nitrogens is 2. The van der Waals surface area contributed by atoms with E-state index in [1.165, 1.54) is 18.7 Å². The Balaban J connectivity index is 1.54. The van der Waals surface area contributed by atoms with Crippen LogP contribution in [-0.2, 0) is 9.53 Å². The van der Waals surface area contributed by atoms with Gasteiger partial charge in [0.25, 0.3) is 5.91 Å². The largest absolute Gasteiger partial charge is 0.462 e. The molecule has 2 aliphatic carbocycles. The second-order valence-electron chi connectivity index (χ2n) is 8.68. The van der Waals surface area contributed by atoms with E-state index in [1.54, 1.807) is 0 Å². The topological polar surface area (TPSA) is 81.2 Å². The number of nitrogens with zero attached hydrogens (tertiary/aromatic N) is 2. The van der Waals surface area contributed by atoms with Crippen molar-refractivity contribution in [3.8, 4) is 0 Å². The molecule has 1 N–H and O–H groups in total. The first-order chi connectivity index (χ1) is 12.4. The van der Waals surface area contributed by atoms with Crippen molar-refractivity contribution < 1.29 is 14.3 Å². The van der Waals surface area contributed by atoms with Gasteiger partial charge in [0.05, 0.1) is 11.5 Å². The van der Waals surface area contributed by atoms with E-state index in [1.807, 2.05) is 6.92 Å². The molecule has 3 aliphatic rings. The maximum absolute atomic E-state index is 12.6. The zero-order valence-corrected chi connectivity index (χ0v) is 15.6. The van der Waals surface area contributed by atoms with Crippen molar-refractivity contribution in [3.05, 3.63) is 24.3 Å². The van der Waals surface area contributed by atoms with Gasteiger partial charge in [-0.05, 0) is 37.0 Å². The summed E-state index contributed by atoms with van der Waals surface area (Å²) in [5.41, 5.74) is 0.664. The highest BCUT2D eigenvalue weighted by molar-refractivity contribution is 5.93. The lowest BCUT2D eigenvalue weighted by molar-refractivity contribution is -0.153. The summed E-state index contributed by atoms with van der Waals surface area (Å²) >= 11 is 0. The maximum Gasteiger partial charge on any atom is 0.309 e. The minimum absolute atomic E-state index is 0.00631. The smallest absolute Gasteiger partial charge is 0.309 e. The molecule has 140 valence electrons. The molecule has 26 heavy (non-hydrogen) atoms. The molecule has 4 rings (SSSR count). The normalized spacial score (nSPS) is 41.7. The highest BCUT2D eigenvalue weighted by Gasteiger charge is 2.58. The Morgan fingerprint density at radius 2 is 1.92 bits per heavy atom. The van der Waals surface area contributed by atoms with Crippen LogP contribution >= 0.6 is 0 Å². The van der Waals surface area contributed by atoms with E-state index in [0.29, 0.717) is 17.4 Å². The highest BCUT2D eigenvalue weighted by Crippen LogP contribution is 2.57. The summed E-state index contributed by atoms with van der Waals surface area (Å²) < 4.78 is 5.85. The van der Waals surface area contributed by atoms with Gasteiger partial charge in [-0.25, -0.2) is 9.97 Å². The number of ether oxygens (including phenoxy) is 1. The summed E-state index contributed by atoms with van der Waals surface area (Å²) in [7, 11) is 0. The lowest BCUT2D eigenvalue weighted by atomic mass is 9.52. The van der Waals surface area contributed by atoms with Gasteiger partial charge < -0.3 is 10.1 Å². The van der Waals surface area contributed by atoms with Crippen LogP contribution < -0.4 is 5.32 Å². The number of esters is 1. The first-order valence-electron chi connectivity index (χ1n) is 9.67. The zero-order valence-electron chi connectivity index (χ0n) is 15.6. The first kappa shape index (κ1) is 17.4. The van der Waals surface area contributed by atoms with Gasteiger partial charge in [-0.15, -0.1) is 0 Å². The minimum Gasteiger partial charge on any atom is -0.462 e. The van der Waals surface area contributed by atoms with E-state index < -0.39 is 0 Å². The van der Waals surface area contributed by atoms with Crippen LogP contribution in [-0.4, -0.2) is 34.0 Å². The highest BCUT2D eigenvalue weighted by atomic mass is 16.6. The molecule has 1 aromatic rings. The average molecular weight is 357 g/mol. The number of amides is 1. The van der Waals surface area contributed by atoms with Gasteiger partial charge in [0.1, 0.15) is 12.4 Å². The third-order valence-electron chi connectivity index (χ3n) is 7.26. The summed E-state index contributed by atoms with van der Waals surface area (Å²) in [4.78, 5) is 32.6. The summed E-state index contributed by atoms with van der Waals surface area (Å²) in [6, 6.07) is 0.0779. The Kier molecular flexibility index (Phi) is 4.24. The monoisotopic (exact) mass is 357 g/mol. The van der Waals surface area contributed by atoms with E-state index in [0.717, 1.165) is 25.7 Å². The molecule has 7 atom stereocenters. The third-order valence-corrected chi connectivity index (χ3v) is 7.26. The van der Waals surface area contributed by atoms with Gasteiger partial charge in [-0.3, -0.25) is 9.59 Å². The average Bonchev–Trinajstić information content (AvgIpc) is 2.92. The molecule has 7 unspecified atom stereocenters. The third kappa shape index (κ3) is 2.70. The number of hydrogen-bond acceptors (Lipinski definition) is 5. The summed E-state index contributed by atoms with van der Waals surface area (Å²) in [6.45, 7) is 6.54. The maximum atomic E-state index is 12.6. The SMILES string of the molecule is CC1C(=O)OC2C1CCC1(C)CCC(NC(=O)c3cncnc3)C(C)C21. The van der Waals surface area contributed by atoms with Gasteiger partial charge in [0.15, 0.2) is 0 Å². The van der Waals surface area contributed by atoms with Crippen molar-refractivity contribution in [2.75, 3.05) is 0 Å². The molecule has 6 heteroatoms. The number of rotatable bonds is 2. The molecule has 0 radical (unpaired) electrons. The summed E-state index contributed by atoms with van der Waals surface area (Å²) in [6.07, 6.45) is 8.69. The quantitative estimate of drug-likeness (QED) is 0.823. The van der Waals surface area contributed by atoms with Crippen molar-refractivity contribution in [3.63, 3.8) is 0 Å². The van der Waals surface area contributed by atoms with E-state index in [2.05, 4.69) is 29.1 Å². The van der Waals surface area contributed by atoms with Gasteiger partial charge >= 0.3 is 5.97 Å². The molecule has 1 aliphatic heterocycles. The van der Waals surface area contributed by atoms with Crippen LogP contribution in [0.25, 0.3) is 0 Å². The van der Waals surface area contributed by atoms with E-state index >= 15 is 0 Å². The predicted octanol–water partition coefficient (Wildman–Crippen LogP) is 2.60. The number of carbonyl (C=O) groups excluding carboxylic acids is 2. The van der Waals surface area contributed by atoms with Crippen molar-refractivity contribution in [2.45, 2.75) is 58.6 Å². The van der Waals surface area contributed by atoms with Gasteiger partial charge in [-0.1, -0.05) is 20.8 Å². The van der Waals surface area contributed by atoms with Crippen molar-refractivity contribution in [1.82, 2.24) is 15.3 Å². The molecule has 0 bridgehead atoms. The van der Waals surface area contributed by atoms with E-state index in [9.17, 15) is 9.59 Å². The Morgan fingerprint density at radius 1 is 1.23 bits per heavy atom. The number of fused-ring (bicyclic) bond motifs is 3. The molecule has 3 fully saturated rings. The molecular formula is C20H27N3O3. The van der Waals surface area contributed by atoms with Crippen LogP contribution in [0, 0.1) is 29.1 Å². The molecule has 0 aromatic carbocycles. The Hall–Kier alpha value is -1.98. The Bertz CT molecular complexity index is 710. The molecule has 6 nitrogen and oxygen atoms in total. The molecule has 1 aromatic heterocycles. The molecule has 1 saturated heterocycles. The van der Waals surface area contributed by atoms with Crippen molar-refractivity contribution in [1.29, 1.82) is 0 Å². The van der Waals surface area contributed by atoms with Gasteiger partial charge in [0, 0.05) is 30.3 Å². The molecule has 2 saturated carbocycles. The van der Waals surface area contributed by atoms with Crippen LogP contribution in [0.5, 0.6) is 0 Å². The van der Waals surface area contributed by atoms with Crippen LogP contribution in [0.2, 0.25) is 0 Å². The van der Waals surface area contributed by atoms with Crippen LogP contribution in [0.15, 0.2) is 18.7 Å². The Labute approximate surface area is 154 Å². The fourth-order valence-electron chi connectivity index (χ4n) is 5.70. The van der Waals surface area contributed by atoms with E-state index in [-0.39, 0.29) is 41.3 Å². The standard InChI is InChI=1S/C20H27N3O3/c1-11-14-4-6-20(3)7-5-15(12(2)16(20)17(14)26-19(11)25)23-18(24)13-8-21-10-22-9-13/h8-12,14-17H,4-7H2,1-3H3,(H,23,24). The zero-order chi connectivity index (χ0) is 18.5. The lowest BCUT2D eigenvalue weighted by Gasteiger charge is -2.54. The minimum atomic E-state index is -0.129. The second-order valence-corrected chi connectivity index (χ2v) is 8.68. The molecule has 0 spiro atoms. The van der Waals surface area contributed by atoms with Crippen LogP contribution in [0.1, 0.15) is 56.8 Å². The fraction of sp³-hybridized carbons (Fsp3) is 0.700. The molecule has 2 heterocycles. The first-order valence-corrected chi connectivity index (χ1v) is 9.67. The van der Waals surface area contributed by atoms with Crippen molar-refractivity contribution >= 4 is 11.9 Å². The number of nitrogens with one attached hydrogen (secondary N) is 1. The predicted molar refractivity (Wildman–Crippen MR) is 95.0 cm³/mol. The van der Waals surface area contributed by atoms with Crippen LogP contribution in [0.4, 0.5) is 0 Å². The van der Waals surface area contributed by atoms with Gasteiger partial charge in [-0.2, -0.15) is 0 Å². The molecule has 1 amide bonds. The Morgan fingerprint density at radius 3 is 2.65 bits per heavy atom. The van der Waals surface area contributed by atoms with Crippen LogP contribution in [0.3, 0.4) is 0 Å². The summed E-state index contributed by atoms with van der Waals surface area (Å²) in [5, 5.41) is 3.18. The second kappa shape index (κ2) is 6.32. The fourth-order valence-corrected chi connectivity index (χ4v) is 5.70. The van der Waals surface area contributed by atoms with E-state index in [4.69, 9.17) is 4.74 Å². The number of carbonyl (C=O) groups is 2. The summed E-state index contributed by atoms with van der Waals surface area (Å²) in [5.74, 6) is 0.682. The molecular weight excluding hydrogens is 330 g/mol. The van der Waals surface area contributed by atoms with Gasteiger partial charge in [0.2, 0.25) is 0 Å².